The van der Waals surface area contributed by atoms with Crippen LogP contribution in [0.3, 0.4) is 0 Å². The molecule has 154 valence electrons. The molecule has 0 heterocycles. The van der Waals surface area contributed by atoms with Gasteiger partial charge in [-0.2, -0.15) is 0 Å². The van der Waals surface area contributed by atoms with Gasteiger partial charge in [-0.15, -0.1) is 0 Å². The van der Waals surface area contributed by atoms with Crippen LogP contribution in [0.2, 0.25) is 0 Å². The summed E-state index contributed by atoms with van der Waals surface area (Å²) in [6.07, 6.45) is 0. The molecule has 0 saturated heterocycles. The summed E-state index contributed by atoms with van der Waals surface area (Å²) in [6.45, 7) is 4.55. The molecule has 3 nitrogen and oxygen atoms in total. The van der Waals surface area contributed by atoms with Crippen LogP contribution in [0.4, 0.5) is 0 Å². The molecule has 0 atom stereocenters. The van der Waals surface area contributed by atoms with Crippen molar-refractivity contribution in [3.63, 3.8) is 0 Å². The Morgan fingerprint density at radius 2 is 1.10 bits per heavy atom. The Balaban J connectivity index is 1.34. The number of hydrogen-bond donors (Lipinski definition) is 0. The number of hydrogen-bond acceptors (Lipinski definition) is 3. The normalized spacial score (nSPS) is 10.5. The van der Waals surface area contributed by atoms with Gasteiger partial charge in [0, 0.05) is 0 Å². The smallest absolute Gasteiger partial charge is 0.343 e. The van der Waals surface area contributed by atoms with E-state index < -0.39 is 0 Å². The van der Waals surface area contributed by atoms with E-state index >= 15 is 0 Å². The third kappa shape index (κ3) is 5.40. The third-order valence-corrected chi connectivity index (χ3v) is 5.07. The first kappa shape index (κ1) is 20.4. The zero-order valence-corrected chi connectivity index (χ0v) is 17.7. The summed E-state index contributed by atoms with van der Waals surface area (Å²) in [5, 5.41) is 0. The maximum atomic E-state index is 12.5. The largest absolute Gasteiger partial charge is 0.489 e. The number of ether oxygens (including phenoxy) is 2. The van der Waals surface area contributed by atoms with Crippen molar-refractivity contribution in [3.8, 4) is 22.6 Å². The number of rotatable bonds is 6. The highest BCUT2D eigenvalue weighted by Crippen LogP contribution is 2.23. The lowest BCUT2D eigenvalue weighted by Gasteiger charge is -2.08. The second-order valence-electron chi connectivity index (χ2n) is 7.58. The molecule has 0 N–H and O–H groups in total. The average Bonchev–Trinajstić information content (AvgIpc) is 2.80. The van der Waals surface area contributed by atoms with E-state index in [1.54, 1.807) is 12.1 Å². The van der Waals surface area contributed by atoms with E-state index in [1.807, 2.05) is 67.6 Å². The highest BCUT2D eigenvalue weighted by molar-refractivity contribution is 5.91. The molecule has 31 heavy (non-hydrogen) atoms. The van der Waals surface area contributed by atoms with Crippen LogP contribution < -0.4 is 9.47 Å². The van der Waals surface area contributed by atoms with Crippen LogP contribution in [0.1, 0.15) is 27.0 Å². The van der Waals surface area contributed by atoms with Crippen LogP contribution >= 0.6 is 0 Å². The van der Waals surface area contributed by atoms with Gasteiger partial charge >= 0.3 is 5.97 Å². The zero-order chi connectivity index (χ0) is 21.6. The number of carbonyl (C=O) groups excluding carboxylic acids is 1. The second-order valence-corrected chi connectivity index (χ2v) is 7.58. The maximum Gasteiger partial charge on any atom is 0.343 e. The molecule has 4 rings (SSSR count). The van der Waals surface area contributed by atoms with Gasteiger partial charge in [0.15, 0.2) is 0 Å². The van der Waals surface area contributed by atoms with Gasteiger partial charge in [-0.25, -0.2) is 4.79 Å². The fraction of sp³-hybridized carbons (Fsp3) is 0.107. The molecule has 0 aliphatic heterocycles. The van der Waals surface area contributed by atoms with E-state index in [4.69, 9.17) is 9.47 Å². The molecule has 0 amide bonds. The van der Waals surface area contributed by atoms with Gasteiger partial charge in [-0.1, -0.05) is 71.8 Å². The molecule has 0 unspecified atom stereocenters. The molecule has 4 aromatic carbocycles. The van der Waals surface area contributed by atoms with Crippen molar-refractivity contribution in [2.24, 2.45) is 0 Å². The van der Waals surface area contributed by atoms with Crippen molar-refractivity contribution in [1.29, 1.82) is 0 Å². The molecule has 0 aromatic heterocycles. The summed E-state index contributed by atoms with van der Waals surface area (Å²) in [6, 6.07) is 31.1. The molecule has 0 radical (unpaired) electrons. The minimum Gasteiger partial charge on any atom is -0.489 e. The summed E-state index contributed by atoms with van der Waals surface area (Å²) in [5.41, 5.74) is 6.12. The Hall–Kier alpha value is -3.85. The summed E-state index contributed by atoms with van der Waals surface area (Å²) < 4.78 is 11.3. The minimum absolute atomic E-state index is 0.380. The molecule has 0 spiro atoms. The van der Waals surface area contributed by atoms with Crippen LogP contribution in [-0.2, 0) is 6.61 Å². The molecular weight excluding hydrogens is 384 g/mol. The number of esters is 1. The maximum absolute atomic E-state index is 12.5. The van der Waals surface area contributed by atoms with E-state index in [1.165, 1.54) is 11.1 Å². The lowest BCUT2D eigenvalue weighted by atomic mass is 10.0. The van der Waals surface area contributed by atoms with Gasteiger partial charge in [-0.3, -0.25) is 0 Å². The lowest BCUT2D eigenvalue weighted by molar-refractivity contribution is 0.0734. The first-order valence-electron chi connectivity index (χ1n) is 10.2. The third-order valence-electron chi connectivity index (χ3n) is 5.07. The fourth-order valence-electron chi connectivity index (χ4n) is 3.17. The molecule has 0 bridgehead atoms. The predicted octanol–water partition coefficient (Wildman–Crippen LogP) is 6.77. The average molecular weight is 408 g/mol. The van der Waals surface area contributed by atoms with Gasteiger partial charge in [0.25, 0.3) is 0 Å². The van der Waals surface area contributed by atoms with Crippen molar-refractivity contribution >= 4 is 5.97 Å². The predicted molar refractivity (Wildman–Crippen MR) is 124 cm³/mol. The highest BCUT2D eigenvalue weighted by Gasteiger charge is 2.09. The highest BCUT2D eigenvalue weighted by atomic mass is 16.5. The van der Waals surface area contributed by atoms with Gasteiger partial charge < -0.3 is 9.47 Å². The van der Waals surface area contributed by atoms with Crippen molar-refractivity contribution < 1.29 is 14.3 Å². The Morgan fingerprint density at radius 1 is 0.613 bits per heavy atom. The number of aryl methyl sites for hydroxylation is 2. The summed E-state index contributed by atoms with van der Waals surface area (Å²) in [5.74, 6) is 0.963. The standard InChI is InChI=1S/C28H24O3/c1-20-3-9-23(10-4-20)24-13-17-27(18-14-24)31-28(29)25-11-7-22(8-12-25)19-30-26-15-5-21(2)6-16-26/h3-18H,19H2,1-2H3. The van der Waals surface area contributed by atoms with Crippen molar-refractivity contribution in [2.75, 3.05) is 0 Å². The van der Waals surface area contributed by atoms with Crippen LogP contribution in [-0.4, -0.2) is 5.97 Å². The quantitative estimate of drug-likeness (QED) is 0.261. The van der Waals surface area contributed by atoms with Crippen LogP contribution in [0.25, 0.3) is 11.1 Å². The van der Waals surface area contributed by atoms with Crippen molar-refractivity contribution in [3.05, 3.63) is 119 Å². The Morgan fingerprint density at radius 3 is 1.68 bits per heavy atom. The van der Waals surface area contributed by atoms with E-state index in [0.717, 1.165) is 22.4 Å². The first-order valence-corrected chi connectivity index (χ1v) is 10.2. The van der Waals surface area contributed by atoms with Crippen LogP contribution in [0.15, 0.2) is 97.1 Å². The monoisotopic (exact) mass is 408 g/mol. The molecule has 4 aromatic rings. The number of carbonyl (C=O) groups is 1. The second kappa shape index (κ2) is 9.31. The molecule has 0 aliphatic carbocycles. The minimum atomic E-state index is -0.380. The fourth-order valence-corrected chi connectivity index (χ4v) is 3.17. The topological polar surface area (TPSA) is 35.5 Å². The van der Waals surface area contributed by atoms with Gasteiger partial charge in [0.2, 0.25) is 0 Å². The van der Waals surface area contributed by atoms with Crippen molar-refractivity contribution in [2.45, 2.75) is 20.5 Å². The van der Waals surface area contributed by atoms with Crippen LogP contribution in [0.5, 0.6) is 11.5 Å². The molecular formula is C28H24O3. The SMILES string of the molecule is Cc1ccc(OCc2ccc(C(=O)Oc3ccc(-c4ccc(C)cc4)cc3)cc2)cc1. The van der Waals surface area contributed by atoms with E-state index in [2.05, 4.69) is 31.2 Å². The molecule has 0 saturated carbocycles. The Bertz CT molecular complexity index is 1140. The zero-order valence-electron chi connectivity index (χ0n) is 17.7. The molecule has 3 heteroatoms. The Kier molecular flexibility index (Phi) is 6.13. The molecule has 0 fully saturated rings. The number of benzene rings is 4. The lowest BCUT2D eigenvalue weighted by Crippen LogP contribution is -2.08. The first-order chi connectivity index (χ1) is 15.1. The van der Waals surface area contributed by atoms with Gasteiger partial charge in [0.05, 0.1) is 5.56 Å². The Labute approximate surface area is 182 Å². The summed E-state index contributed by atoms with van der Waals surface area (Å²) in [4.78, 5) is 12.5. The van der Waals surface area contributed by atoms with E-state index in [9.17, 15) is 4.79 Å². The van der Waals surface area contributed by atoms with Crippen molar-refractivity contribution in [1.82, 2.24) is 0 Å². The summed E-state index contributed by atoms with van der Waals surface area (Å²) >= 11 is 0. The van der Waals surface area contributed by atoms with E-state index in [0.29, 0.717) is 17.9 Å². The molecule has 0 aliphatic rings. The van der Waals surface area contributed by atoms with Gasteiger partial charge in [-0.05, 0) is 66.9 Å². The van der Waals surface area contributed by atoms with E-state index in [-0.39, 0.29) is 5.97 Å². The van der Waals surface area contributed by atoms with Gasteiger partial charge in [0.1, 0.15) is 18.1 Å². The van der Waals surface area contributed by atoms with Crippen LogP contribution in [0, 0.1) is 13.8 Å². The summed E-state index contributed by atoms with van der Waals surface area (Å²) in [7, 11) is 0.